The van der Waals surface area contributed by atoms with Gasteiger partial charge in [0.1, 0.15) is 17.3 Å². The Balaban J connectivity index is 1.84. The van der Waals surface area contributed by atoms with Crippen molar-refractivity contribution < 1.29 is 4.79 Å². The number of anilines is 3. The third-order valence-electron chi connectivity index (χ3n) is 3.69. The number of para-hydroxylation sites is 1. The van der Waals surface area contributed by atoms with Crippen LogP contribution in [0.3, 0.4) is 0 Å². The number of carbonyl (C=O) groups is 1. The third-order valence-corrected chi connectivity index (χ3v) is 4.02. The normalized spacial score (nSPS) is 10.5. The van der Waals surface area contributed by atoms with Crippen LogP contribution in [0.15, 0.2) is 48.5 Å². The number of aryl methyl sites for hydroxylation is 3. The lowest BCUT2D eigenvalue weighted by Crippen LogP contribution is -2.15. The van der Waals surface area contributed by atoms with E-state index in [1.54, 1.807) is 19.1 Å². The summed E-state index contributed by atoms with van der Waals surface area (Å²) in [6.45, 7) is 5.72. The Hall–Kier alpha value is -2.92. The second kappa shape index (κ2) is 7.54. The molecular formula is C20H19ClN4O. The fourth-order valence-corrected chi connectivity index (χ4v) is 2.87. The zero-order chi connectivity index (χ0) is 18.7. The predicted molar refractivity (Wildman–Crippen MR) is 105 cm³/mol. The van der Waals surface area contributed by atoms with Gasteiger partial charge in [0.2, 0.25) is 0 Å². The highest BCUT2D eigenvalue weighted by molar-refractivity contribution is 6.33. The first kappa shape index (κ1) is 17.9. The molecule has 3 aromatic rings. The van der Waals surface area contributed by atoms with Gasteiger partial charge in [-0.25, -0.2) is 9.97 Å². The minimum atomic E-state index is -0.289. The zero-order valence-corrected chi connectivity index (χ0v) is 15.6. The number of benzene rings is 2. The molecule has 0 bridgehead atoms. The van der Waals surface area contributed by atoms with Gasteiger partial charge in [0, 0.05) is 11.8 Å². The lowest BCUT2D eigenvalue weighted by molar-refractivity contribution is 0.102. The number of amides is 1. The van der Waals surface area contributed by atoms with Crippen LogP contribution >= 0.6 is 11.6 Å². The number of rotatable bonds is 4. The molecule has 0 radical (unpaired) electrons. The zero-order valence-electron chi connectivity index (χ0n) is 14.8. The molecule has 3 rings (SSSR count). The molecule has 0 atom stereocenters. The summed E-state index contributed by atoms with van der Waals surface area (Å²) in [4.78, 5) is 21.2. The molecular weight excluding hydrogens is 348 g/mol. The van der Waals surface area contributed by atoms with Crippen LogP contribution in [0.25, 0.3) is 0 Å². The summed E-state index contributed by atoms with van der Waals surface area (Å²) in [5.74, 6) is 0.714. The molecule has 5 nitrogen and oxygen atoms in total. The molecule has 0 aliphatic rings. The van der Waals surface area contributed by atoms with E-state index in [2.05, 4.69) is 26.7 Å². The molecule has 26 heavy (non-hydrogen) atoms. The molecule has 132 valence electrons. The van der Waals surface area contributed by atoms with Gasteiger partial charge >= 0.3 is 0 Å². The summed E-state index contributed by atoms with van der Waals surface area (Å²) in [7, 11) is 0. The number of hydrogen-bond acceptors (Lipinski definition) is 4. The van der Waals surface area contributed by atoms with Gasteiger partial charge in [0.05, 0.1) is 10.7 Å². The highest BCUT2D eigenvalue weighted by atomic mass is 35.5. The topological polar surface area (TPSA) is 66.9 Å². The number of carbonyl (C=O) groups excluding carboxylic acids is 1. The Labute approximate surface area is 157 Å². The van der Waals surface area contributed by atoms with Crippen molar-refractivity contribution in [3.63, 3.8) is 0 Å². The smallest absolute Gasteiger partial charge is 0.274 e. The summed E-state index contributed by atoms with van der Waals surface area (Å²) in [6, 6.07) is 14.8. The van der Waals surface area contributed by atoms with E-state index in [4.69, 9.17) is 11.6 Å². The predicted octanol–water partition coefficient (Wildman–Crippen LogP) is 5.05. The molecule has 1 amide bonds. The van der Waals surface area contributed by atoms with Crippen molar-refractivity contribution in [3.8, 4) is 0 Å². The molecule has 0 fully saturated rings. The van der Waals surface area contributed by atoms with Crippen molar-refractivity contribution in [2.24, 2.45) is 0 Å². The van der Waals surface area contributed by atoms with E-state index < -0.39 is 0 Å². The molecule has 2 aromatic carbocycles. The van der Waals surface area contributed by atoms with Gasteiger partial charge in [-0.2, -0.15) is 0 Å². The Morgan fingerprint density at radius 1 is 0.962 bits per heavy atom. The number of hydrogen-bond donors (Lipinski definition) is 2. The Bertz CT molecular complexity index is 952. The summed E-state index contributed by atoms with van der Waals surface area (Å²) in [5.41, 5.74) is 3.91. The van der Waals surface area contributed by atoms with Crippen LogP contribution in [0.5, 0.6) is 0 Å². The minimum absolute atomic E-state index is 0.284. The summed E-state index contributed by atoms with van der Waals surface area (Å²) < 4.78 is 0. The molecule has 0 aliphatic heterocycles. The number of halogens is 1. The van der Waals surface area contributed by atoms with E-state index in [1.807, 2.05) is 44.2 Å². The van der Waals surface area contributed by atoms with Crippen molar-refractivity contribution >= 4 is 34.7 Å². The minimum Gasteiger partial charge on any atom is -0.339 e. The lowest BCUT2D eigenvalue weighted by atomic mass is 10.1. The number of nitrogens with one attached hydrogen (secondary N) is 2. The first-order valence-corrected chi connectivity index (χ1v) is 8.55. The summed E-state index contributed by atoms with van der Waals surface area (Å²) >= 11 is 6.17. The third kappa shape index (κ3) is 4.37. The van der Waals surface area contributed by atoms with Crippen molar-refractivity contribution in [1.82, 2.24) is 9.97 Å². The Kier molecular flexibility index (Phi) is 5.19. The van der Waals surface area contributed by atoms with Crippen molar-refractivity contribution in [3.05, 3.63) is 76.2 Å². The maximum absolute atomic E-state index is 12.6. The SMILES string of the molecule is Cc1cc(C)cc(NC(=O)c2cc(Nc3ccccc3Cl)nc(C)n2)c1. The Morgan fingerprint density at radius 2 is 1.65 bits per heavy atom. The van der Waals surface area contributed by atoms with E-state index in [9.17, 15) is 4.79 Å². The quantitative estimate of drug-likeness (QED) is 0.678. The Morgan fingerprint density at radius 3 is 2.35 bits per heavy atom. The standard InChI is InChI=1S/C20H19ClN4O/c1-12-8-13(2)10-15(9-12)24-20(26)18-11-19(23-14(3)22-18)25-17-7-5-4-6-16(17)21/h4-11H,1-3H3,(H,24,26)(H,22,23,25). The van der Waals surface area contributed by atoms with Gasteiger partial charge in [-0.15, -0.1) is 0 Å². The van der Waals surface area contributed by atoms with Crippen LogP contribution in [0, 0.1) is 20.8 Å². The van der Waals surface area contributed by atoms with Gasteiger partial charge in [-0.1, -0.05) is 29.8 Å². The average Bonchev–Trinajstić information content (AvgIpc) is 2.55. The highest BCUT2D eigenvalue weighted by Gasteiger charge is 2.12. The molecule has 2 N–H and O–H groups in total. The van der Waals surface area contributed by atoms with E-state index >= 15 is 0 Å². The van der Waals surface area contributed by atoms with Crippen LogP contribution < -0.4 is 10.6 Å². The van der Waals surface area contributed by atoms with Crippen LogP contribution in [0.4, 0.5) is 17.2 Å². The lowest BCUT2D eigenvalue weighted by Gasteiger charge is -2.11. The fraction of sp³-hybridized carbons (Fsp3) is 0.150. The van der Waals surface area contributed by atoms with Crippen LogP contribution in [-0.2, 0) is 0 Å². The van der Waals surface area contributed by atoms with Crippen molar-refractivity contribution in [2.45, 2.75) is 20.8 Å². The van der Waals surface area contributed by atoms with E-state index in [-0.39, 0.29) is 11.6 Å². The van der Waals surface area contributed by atoms with E-state index in [0.717, 1.165) is 16.8 Å². The first-order valence-electron chi connectivity index (χ1n) is 8.17. The molecule has 0 unspecified atom stereocenters. The molecule has 0 saturated carbocycles. The first-order chi connectivity index (χ1) is 12.4. The highest BCUT2D eigenvalue weighted by Crippen LogP contribution is 2.24. The number of nitrogens with zero attached hydrogens (tertiary/aromatic N) is 2. The van der Waals surface area contributed by atoms with Crippen LogP contribution in [0.2, 0.25) is 5.02 Å². The fourth-order valence-electron chi connectivity index (χ4n) is 2.69. The molecule has 6 heteroatoms. The van der Waals surface area contributed by atoms with Gasteiger partial charge in [-0.05, 0) is 56.2 Å². The van der Waals surface area contributed by atoms with Gasteiger partial charge < -0.3 is 10.6 Å². The van der Waals surface area contributed by atoms with Crippen LogP contribution in [-0.4, -0.2) is 15.9 Å². The molecule has 1 aromatic heterocycles. The number of aromatic nitrogens is 2. The van der Waals surface area contributed by atoms with Gasteiger partial charge in [0.15, 0.2) is 0 Å². The monoisotopic (exact) mass is 366 g/mol. The molecule has 0 saturated heterocycles. The maximum Gasteiger partial charge on any atom is 0.274 e. The molecule has 1 heterocycles. The maximum atomic E-state index is 12.6. The second-order valence-electron chi connectivity index (χ2n) is 6.12. The van der Waals surface area contributed by atoms with Gasteiger partial charge in [0.25, 0.3) is 5.91 Å². The molecule has 0 aliphatic carbocycles. The average molecular weight is 367 g/mol. The van der Waals surface area contributed by atoms with Gasteiger partial charge in [-0.3, -0.25) is 4.79 Å². The van der Waals surface area contributed by atoms with E-state index in [1.165, 1.54) is 0 Å². The van der Waals surface area contributed by atoms with Crippen LogP contribution in [0.1, 0.15) is 27.4 Å². The second-order valence-corrected chi connectivity index (χ2v) is 6.53. The van der Waals surface area contributed by atoms with Crippen molar-refractivity contribution in [2.75, 3.05) is 10.6 Å². The van der Waals surface area contributed by atoms with E-state index in [0.29, 0.717) is 22.4 Å². The summed E-state index contributed by atoms with van der Waals surface area (Å²) in [6.07, 6.45) is 0. The summed E-state index contributed by atoms with van der Waals surface area (Å²) in [5, 5.41) is 6.59. The molecule has 0 spiro atoms. The largest absolute Gasteiger partial charge is 0.339 e. The van der Waals surface area contributed by atoms with Crippen molar-refractivity contribution in [1.29, 1.82) is 0 Å².